The number of hydrogen-bond acceptors (Lipinski definition) is 4. The molecule has 1 heterocycles. The van der Waals surface area contributed by atoms with Gasteiger partial charge in [-0.2, -0.15) is 0 Å². The average molecular weight is 276 g/mol. The van der Waals surface area contributed by atoms with E-state index in [2.05, 4.69) is 10.3 Å². The van der Waals surface area contributed by atoms with Crippen LogP contribution in [-0.2, 0) is 17.6 Å². The van der Waals surface area contributed by atoms with Crippen molar-refractivity contribution < 1.29 is 9.53 Å². The Hall–Kier alpha value is -1.88. The number of rotatable bonds is 6. The Morgan fingerprint density at radius 3 is 3.11 bits per heavy atom. The van der Waals surface area contributed by atoms with Gasteiger partial charge in [-0.1, -0.05) is 12.1 Å². The summed E-state index contributed by atoms with van der Waals surface area (Å²) in [5.41, 5.74) is 2.75. The third-order valence-electron chi connectivity index (χ3n) is 2.68. The fourth-order valence-electron chi connectivity index (χ4n) is 1.72. The molecule has 19 heavy (non-hydrogen) atoms. The lowest BCUT2D eigenvalue weighted by molar-refractivity contribution is -0.120. The van der Waals surface area contributed by atoms with E-state index in [1.807, 2.05) is 30.5 Å². The second kappa shape index (κ2) is 6.89. The summed E-state index contributed by atoms with van der Waals surface area (Å²) in [6, 6.07) is 7.55. The molecule has 1 aromatic carbocycles. The Morgan fingerprint density at radius 2 is 2.37 bits per heavy atom. The largest absolute Gasteiger partial charge is 0.497 e. The molecule has 2 aromatic rings. The molecule has 0 bridgehead atoms. The molecule has 1 N–H and O–H groups in total. The van der Waals surface area contributed by atoms with Gasteiger partial charge in [0.25, 0.3) is 0 Å². The van der Waals surface area contributed by atoms with Gasteiger partial charge in [0, 0.05) is 24.0 Å². The van der Waals surface area contributed by atoms with Crippen molar-refractivity contribution in [3.8, 4) is 5.75 Å². The van der Waals surface area contributed by atoms with E-state index in [0.717, 1.165) is 17.7 Å². The van der Waals surface area contributed by atoms with E-state index in [9.17, 15) is 4.79 Å². The second-order valence-electron chi connectivity index (χ2n) is 4.10. The van der Waals surface area contributed by atoms with E-state index in [-0.39, 0.29) is 5.91 Å². The maximum Gasteiger partial charge on any atom is 0.224 e. The summed E-state index contributed by atoms with van der Waals surface area (Å²) in [6.45, 7) is 0.644. The number of nitrogens with one attached hydrogen (secondary N) is 1. The highest BCUT2D eigenvalue weighted by Crippen LogP contribution is 2.12. The molecule has 100 valence electrons. The van der Waals surface area contributed by atoms with Crippen molar-refractivity contribution >= 4 is 17.2 Å². The van der Waals surface area contributed by atoms with Crippen molar-refractivity contribution in [2.45, 2.75) is 12.8 Å². The molecule has 0 unspecified atom stereocenters. The van der Waals surface area contributed by atoms with Gasteiger partial charge in [-0.25, -0.2) is 0 Å². The summed E-state index contributed by atoms with van der Waals surface area (Å²) in [7, 11) is 1.62. The molecule has 4 nitrogen and oxygen atoms in total. The first-order chi connectivity index (χ1) is 9.28. The Bertz CT molecular complexity index is 526. The van der Waals surface area contributed by atoms with Crippen LogP contribution < -0.4 is 10.1 Å². The number of carbonyl (C=O) groups is 1. The Labute approximate surface area is 116 Å². The number of ether oxygens (including phenoxy) is 1. The summed E-state index contributed by atoms with van der Waals surface area (Å²) >= 11 is 1.60. The van der Waals surface area contributed by atoms with Crippen molar-refractivity contribution in [1.82, 2.24) is 10.3 Å². The van der Waals surface area contributed by atoms with Gasteiger partial charge in [-0.3, -0.25) is 9.78 Å². The fraction of sp³-hybridized carbons (Fsp3) is 0.286. The molecule has 0 aliphatic heterocycles. The highest BCUT2D eigenvalue weighted by atomic mass is 32.1. The third-order valence-corrected chi connectivity index (χ3v) is 3.52. The van der Waals surface area contributed by atoms with E-state index in [1.165, 1.54) is 4.88 Å². The van der Waals surface area contributed by atoms with Crippen LogP contribution in [0.3, 0.4) is 0 Å². The number of methoxy groups -OCH3 is 1. The van der Waals surface area contributed by atoms with Crippen LogP contribution in [0.25, 0.3) is 0 Å². The van der Waals surface area contributed by atoms with Crippen molar-refractivity contribution in [2.24, 2.45) is 0 Å². The third kappa shape index (κ3) is 4.37. The molecule has 0 radical (unpaired) electrons. The van der Waals surface area contributed by atoms with Gasteiger partial charge in [0.2, 0.25) is 5.91 Å². The van der Waals surface area contributed by atoms with Gasteiger partial charge in [-0.05, 0) is 17.7 Å². The first-order valence-corrected chi connectivity index (χ1v) is 6.93. The van der Waals surface area contributed by atoms with Crippen LogP contribution in [-0.4, -0.2) is 24.5 Å². The Kier molecular flexibility index (Phi) is 4.92. The smallest absolute Gasteiger partial charge is 0.224 e. The molecule has 1 amide bonds. The highest BCUT2D eigenvalue weighted by molar-refractivity contribution is 7.09. The number of thiazole rings is 1. The minimum absolute atomic E-state index is 0.0257. The van der Waals surface area contributed by atoms with Crippen molar-refractivity contribution in [2.75, 3.05) is 13.7 Å². The van der Waals surface area contributed by atoms with Crippen LogP contribution in [0.2, 0.25) is 0 Å². The summed E-state index contributed by atoms with van der Waals surface area (Å²) < 4.78 is 5.13. The van der Waals surface area contributed by atoms with E-state index in [0.29, 0.717) is 13.0 Å². The number of benzene rings is 1. The predicted octanol–water partition coefficient (Wildman–Crippen LogP) is 2.05. The summed E-state index contributed by atoms with van der Waals surface area (Å²) in [5.74, 6) is 0.799. The molecule has 0 fully saturated rings. The molecule has 0 saturated heterocycles. The van der Waals surface area contributed by atoms with Gasteiger partial charge >= 0.3 is 0 Å². The first-order valence-electron chi connectivity index (χ1n) is 6.05. The van der Waals surface area contributed by atoms with Crippen LogP contribution in [0.15, 0.2) is 36.0 Å². The zero-order valence-corrected chi connectivity index (χ0v) is 11.6. The Morgan fingerprint density at radius 1 is 1.47 bits per heavy atom. The first kappa shape index (κ1) is 13.5. The zero-order valence-electron chi connectivity index (χ0n) is 10.8. The van der Waals surface area contributed by atoms with Gasteiger partial charge in [0.15, 0.2) is 0 Å². The van der Waals surface area contributed by atoms with E-state index >= 15 is 0 Å². The fourth-order valence-corrected chi connectivity index (χ4v) is 2.32. The molecule has 0 aliphatic rings. The SMILES string of the molecule is COc1cccc(CC(=O)NCCc2cncs2)c1. The quantitative estimate of drug-likeness (QED) is 0.878. The lowest BCUT2D eigenvalue weighted by Crippen LogP contribution is -2.27. The number of amides is 1. The molecule has 1 aromatic heterocycles. The van der Waals surface area contributed by atoms with E-state index in [4.69, 9.17) is 4.74 Å². The molecule has 0 aliphatic carbocycles. The highest BCUT2D eigenvalue weighted by Gasteiger charge is 2.04. The second-order valence-corrected chi connectivity index (χ2v) is 5.07. The number of nitrogens with zero attached hydrogens (tertiary/aromatic N) is 1. The molecule has 0 saturated carbocycles. The molecular formula is C14H16N2O2S. The monoisotopic (exact) mass is 276 g/mol. The van der Waals surface area contributed by atoms with E-state index < -0.39 is 0 Å². The minimum atomic E-state index is 0.0257. The summed E-state index contributed by atoms with van der Waals surface area (Å²) in [5, 5.41) is 2.91. The zero-order chi connectivity index (χ0) is 13.5. The van der Waals surface area contributed by atoms with Gasteiger partial charge in [-0.15, -0.1) is 11.3 Å². The molecule has 0 atom stereocenters. The topological polar surface area (TPSA) is 51.2 Å². The van der Waals surface area contributed by atoms with Crippen molar-refractivity contribution in [3.05, 3.63) is 46.4 Å². The summed E-state index contributed by atoms with van der Waals surface area (Å²) in [4.78, 5) is 17.0. The van der Waals surface area contributed by atoms with Crippen LogP contribution in [0, 0.1) is 0 Å². The number of hydrogen-bond donors (Lipinski definition) is 1. The number of aromatic nitrogens is 1. The summed E-state index contributed by atoms with van der Waals surface area (Å²) in [6.07, 6.45) is 3.04. The van der Waals surface area contributed by atoms with E-state index in [1.54, 1.807) is 24.0 Å². The van der Waals surface area contributed by atoms with Gasteiger partial charge in [0.05, 0.1) is 19.0 Å². The van der Waals surface area contributed by atoms with Crippen molar-refractivity contribution in [3.63, 3.8) is 0 Å². The van der Waals surface area contributed by atoms with Crippen LogP contribution in [0.1, 0.15) is 10.4 Å². The maximum absolute atomic E-state index is 11.8. The van der Waals surface area contributed by atoms with Crippen LogP contribution >= 0.6 is 11.3 Å². The van der Waals surface area contributed by atoms with Gasteiger partial charge < -0.3 is 10.1 Å². The standard InChI is InChI=1S/C14H16N2O2S/c1-18-12-4-2-3-11(7-12)8-14(17)16-6-5-13-9-15-10-19-13/h2-4,7,9-10H,5-6,8H2,1H3,(H,16,17). The van der Waals surface area contributed by atoms with Gasteiger partial charge in [0.1, 0.15) is 5.75 Å². The van der Waals surface area contributed by atoms with Crippen molar-refractivity contribution in [1.29, 1.82) is 0 Å². The minimum Gasteiger partial charge on any atom is -0.497 e. The molecule has 5 heteroatoms. The average Bonchev–Trinajstić information content (AvgIpc) is 2.92. The molecule has 2 rings (SSSR count). The normalized spacial score (nSPS) is 10.2. The Balaban J connectivity index is 1.77. The maximum atomic E-state index is 11.8. The lowest BCUT2D eigenvalue weighted by Gasteiger charge is -2.06. The van der Waals surface area contributed by atoms with Crippen LogP contribution in [0.4, 0.5) is 0 Å². The predicted molar refractivity (Wildman–Crippen MR) is 75.5 cm³/mol. The molecular weight excluding hydrogens is 260 g/mol. The molecule has 0 spiro atoms. The lowest BCUT2D eigenvalue weighted by atomic mass is 10.1. The van der Waals surface area contributed by atoms with Crippen LogP contribution in [0.5, 0.6) is 5.75 Å². The number of carbonyl (C=O) groups excluding carboxylic acids is 1.